The lowest BCUT2D eigenvalue weighted by Gasteiger charge is -2.28. The molecule has 1 amide bonds. The molecule has 0 aliphatic rings. The van der Waals surface area contributed by atoms with E-state index >= 15 is 0 Å². The third kappa shape index (κ3) is 43.5. The number of nitrogens with one attached hydrogen (secondary N) is 1. The van der Waals surface area contributed by atoms with E-state index in [-0.39, 0.29) is 18.9 Å². The van der Waals surface area contributed by atoms with Crippen LogP contribution >= 0.6 is 7.82 Å². The molecule has 61 heavy (non-hydrogen) atoms. The molecule has 0 aromatic carbocycles. The van der Waals surface area contributed by atoms with Crippen molar-refractivity contribution in [1.29, 1.82) is 0 Å². The number of aliphatic hydroxyl groups is 2. The van der Waals surface area contributed by atoms with Gasteiger partial charge in [0.05, 0.1) is 39.9 Å². The van der Waals surface area contributed by atoms with E-state index in [0.717, 1.165) is 51.4 Å². The standard InChI is InChI=1S/C51H97N2O7P/c1-6-8-10-12-14-16-18-20-21-22-23-24-25-26-27-28-29-30-31-32-34-36-38-40-42-44-50(55)52-48(47-60-61(57,58)59-46-45-53(3,4)5)51(56)49(54)43-41-39-37-35-33-19-17-15-13-11-9-7-2/h7,9,15,17,22-23,35,37,48-49,51,54,56H,6,8,10-14,16,18-21,24-34,36,38-47H2,1-5H3,(H-,52,55,57,58)/p+1/b9-7+,17-15+,23-22-,37-35+. The molecule has 9 nitrogen and oxygen atoms in total. The van der Waals surface area contributed by atoms with Crippen LogP contribution in [0, 0.1) is 0 Å². The van der Waals surface area contributed by atoms with Crippen molar-refractivity contribution in [1.82, 2.24) is 5.32 Å². The van der Waals surface area contributed by atoms with Crippen molar-refractivity contribution < 1.29 is 38.0 Å². The Bertz CT molecular complexity index is 1150. The molecule has 4 unspecified atom stereocenters. The molecule has 0 saturated heterocycles. The van der Waals surface area contributed by atoms with Gasteiger partial charge in [0.2, 0.25) is 5.91 Å². The van der Waals surface area contributed by atoms with E-state index in [1.54, 1.807) is 0 Å². The zero-order valence-electron chi connectivity index (χ0n) is 40.3. The van der Waals surface area contributed by atoms with Gasteiger partial charge in [-0.2, -0.15) is 0 Å². The minimum atomic E-state index is -4.43. The van der Waals surface area contributed by atoms with Gasteiger partial charge in [-0.1, -0.05) is 171 Å². The van der Waals surface area contributed by atoms with Gasteiger partial charge in [-0.25, -0.2) is 4.57 Å². The molecule has 0 aliphatic heterocycles. The number of allylic oxidation sites excluding steroid dienone is 8. The fourth-order valence-corrected chi connectivity index (χ4v) is 7.91. The van der Waals surface area contributed by atoms with Crippen molar-refractivity contribution in [2.24, 2.45) is 0 Å². The van der Waals surface area contributed by atoms with Crippen LogP contribution in [0.25, 0.3) is 0 Å². The SMILES string of the molecule is C/C=C/CC/C=C/CC/C=C/CCCC(O)C(O)C(COP(=O)(O)OCC[N+](C)(C)C)NC(=O)CCCCCCCCCCCCCCC/C=C\CCCCCCCCCC. The summed E-state index contributed by atoms with van der Waals surface area (Å²) in [7, 11) is 1.40. The Kier molecular flexibility index (Phi) is 41.3. The van der Waals surface area contributed by atoms with Gasteiger partial charge >= 0.3 is 7.82 Å². The minimum absolute atomic E-state index is 0.0117. The minimum Gasteiger partial charge on any atom is -0.390 e. The topological polar surface area (TPSA) is 125 Å². The largest absolute Gasteiger partial charge is 0.472 e. The van der Waals surface area contributed by atoms with Crippen LogP contribution in [0.2, 0.25) is 0 Å². The Morgan fingerprint density at radius 1 is 0.590 bits per heavy atom. The molecule has 0 radical (unpaired) electrons. The number of carbonyl (C=O) groups excluding carboxylic acids is 1. The molecule has 0 heterocycles. The summed E-state index contributed by atoms with van der Waals surface area (Å²) in [6.07, 6.45) is 50.6. The molecular weight excluding hydrogens is 784 g/mol. The summed E-state index contributed by atoms with van der Waals surface area (Å²) >= 11 is 0. The van der Waals surface area contributed by atoms with Gasteiger partial charge < -0.3 is 24.9 Å². The van der Waals surface area contributed by atoms with Gasteiger partial charge in [-0.05, 0) is 84.0 Å². The average Bonchev–Trinajstić information content (AvgIpc) is 3.21. The van der Waals surface area contributed by atoms with E-state index in [9.17, 15) is 24.5 Å². The summed E-state index contributed by atoms with van der Waals surface area (Å²) in [5.74, 6) is -0.275. The van der Waals surface area contributed by atoms with Crippen molar-refractivity contribution in [3.05, 3.63) is 48.6 Å². The smallest absolute Gasteiger partial charge is 0.390 e. The number of phosphoric acid groups is 1. The molecule has 0 spiro atoms. The second-order valence-corrected chi connectivity index (χ2v) is 19.8. The lowest BCUT2D eigenvalue weighted by Crippen LogP contribution is -2.51. The van der Waals surface area contributed by atoms with Crippen molar-refractivity contribution in [2.45, 2.75) is 231 Å². The Balaban J connectivity index is 4.30. The van der Waals surface area contributed by atoms with E-state index in [1.807, 2.05) is 28.1 Å². The Morgan fingerprint density at radius 3 is 1.46 bits per heavy atom. The van der Waals surface area contributed by atoms with Crippen LogP contribution in [0.5, 0.6) is 0 Å². The Labute approximate surface area is 376 Å². The number of amides is 1. The molecule has 0 aliphatic carbocycles. The summed E-state index contributed by atoms with van der Waals surface area (Å²) < 4.78 is 23.5. The predicted octanol–water partition coefficient (Wildman–Crippen LogP) is 13.4. The highest BCUT2D eigenvalue weighted by molar-refractivity contribution is 7.47. The van der Waals surface area contributed by atoms with Crippen LogP contribution in [-0.4, -0.2) is 84.6 Å². The highest BCUT2D eigenvalue weighted by Crippen LogP contribution is 2.43. The normalized spacial score (nSPS) is 15.1. The molecule has 0 aromatic heterocycles. The molecule has 358 valence electrons. The number of likely N-dealkylation sites (N-methyl/N-ethyl adjacent to an activating group) is 1. The first-order valence-electron chi connectivity index (χ1n) is 25.1. The van der Waals surface area contributed by atoms with Crippen LogP contribution in [0.1, 0.15) is 213 Å². The van der Waals surface area contributed by atoms with E-state index in [1.165, 1.54) is 128 Å². The maximum atomic E-state index is 12.9. The lowest BCUT2D eigenvalue weighted by atomic mass is 10.0. The summed E-state index contributed by atoms with van der Waals surface area (Å²) in [4.78, 5) is 23.2. The molecule has 0 aromatic rings. The number of quaternary nitrogens is 1. The number of phosphoric ester groups is 1. The summed E-state index contributed by atoms with van der Waals surface area (Å²) in [5, 5.41) is 24.7. The van der Waals surface area contributed by atoms with E-state index in [4.69, 9.17) is 9.05 Å². The van der Waals surface area contributed by atoms with Crippen molar-refractivity contribution in [2.75, 3.05) is 40.9 Å². The van der Waals surface area contributed by atoms with Gasteiger partial charge in [-0.3, -0.25) is 13.8 Å². The number of nitrogens with zero attached hydrogens (tertiary/aromatic N) is 1. The van der Waals surface area contributed by atoms with Gasteiger partial charge in [-0.15, -0.1) is 0 Å². The number of hydrogen-bond acceptors (Lipinski definition) is 6. The van der Waals surface area contributed by atoms with Gasteiger partial charge in [0.1, 0.15) is 19.3 Å². The van der Waals surface area contributed by atoms with E-state index in [2.05, 4.69) is 60.8 Å². The van der Waals surface area contributed by atoms with E-state index in [0.29, 0.717) is 23.9 Å². The third-order valence-electron chi connectivity index (χ3n) is 11.2. The lowest BCUT2D eigenvalue weighted by molar-refractivity contribution is -0.870. The summed E-state index contributed by atoms with van der Waals surface area (Å²) in [6.45, 7) is 4.36. The Morgan fingerprint density at radius 2 is 1.00 bits per heavy atom. The van der Waals surface area contributed by atoms with Gasteiger partial charge in [0.15, 0.2) is 0 Å². The molecule has 0 rings (SSSR count). The molecule has 4 atom stereocenters. The second-order valence-electron chi connectivity index (χ2n) is 18.3. The van der Waals surface area contributed by atoms with Crippen molar-refractivity contribution >= 4 is 13.7 Å². The first kappa shape index (κ1) is 59.4. The predicted molar refractivity (Wildman–Crippen MR) is 260 cm³/mol. The maximum Gasteiger partial charge on any atom is 0.472 e. The molecule has 4 N–H and O–H groups in total. The van der Waals surface area contributed by atoms with Gasteiger partial charge in [0.25, 0.3) is 0 Å². The quantitative estimate of drug-likeness (QED) is 0.0208. The molecule has 0 bridgehead atoms. The number of rotatable bonds is 45. The summed E-state index contributed by atoms with van der Waals surface area (Å²) in [6, 6.07) is -1.06. The molecule has 10 heteroatoms. The van der Waals surface area contributed by atoms with Gasteiger partial charge in [0, 0.05) is 6.42 Å². The molecule has 0 saturated carbocycles. The summed E-state index contributed by atoms with van der Waals surface area (Å²) in [5.41, 5.74) is 0. The fourth-order valence-electron chi connectivity index (χ4n) is 7.18. The molecular formula is C51H98N2O7P+. The van der Waals surface area contributed by atoms with Crippen LogP contribution in [0.15, 0.2) is 48.6 Å². The third-order valence-corrected chi connectivity index (χ3v) is 12.2. The highest BCUT2D eigenvalue weighted by Gasteiger charge is 2.31. The number of unbranched alkanes of at least 4 members (excludes halogenated alkanes) is 24. The van der Waals surface area contributed by atoms with Crippen LogP contribution in [0.3, 0.4) is 0 Å². The number of aliphatic hydroxyl groups excluding tert-OH is 2. The Hall–Kier alpha value is -1.58. The molecule has 0 fully saturated rings. The number of hydrogen-bond donors (Lipinski definition) is 4. The first-order valence-corrected chi connectivity index (χ1v) is 26.5. The monoisotopic (exact) mass is 882 g/mol. The maximum absolute atomic E-state index is 12.9. The van der Waals surface area contributed by atoms with E-state index < -0.39 is 32.7 Å². The highest BCUT2D eigenvalue weighted by atomic mass is 31.2. The van der Waals surface area contributed by atoms with Crippen molar-refractivity contribution in [3.63, 3.8) is 0 Å². The van der Waals surface area contributed by atoms with Crippen LogP contribution < -0.4 is 5.32 Å². The van der Waals surface area contributed by atoms with Crippen LogP contribution in [0.4, 0.5) is 0 Å². The zero-order valence-corrected chi connectivity index (χ0v) is 41.2. The number of carbonyl (C=O) groups is 1. The second kappa shape index (κ2) is 42.4. The van der Waals surface area contributed by atoms with Crippen LogP contribution in [-0.2, 0) is 18.4 Å². The fraction of sp³-hybridized carbons (Fsp3) is 0.824. The first-order chi connectivity index (χ1) is 29.4. The van der Waals surface area contributed by atoms with Crippen molar-refractivity contribution in [3.8, 4) is 0 Å². The zero-order chi connectivity index (χ0) is 45.1. The average molecular weight is 882 g/mol.